The van der Waals surface area contributed by atoms with Gasteiger partial charge in [-0.25, -0.2) is 0 Å². The molecule has 1 atom stereocenters. The molecule has 0 bridgehead atoms. The highest BCUT2D eigenvalue weighted by atomic mass is 35.5. The summed E-state index contributed by atoms with van der Waals surface area (Å²) in [5.74, 6) is 0.0556. The van der Waals surface area contributed by atoms with Gasteiger partial charge in [0, 0.05) is 36.0 Å². The van der Waals surface area contributed by atoms with E-state index in [-0.39, 0.29) is 17.4 Å². The van der Waals surface area contributed by atoms with Gasteiger partial charge in [0.2, 0.25) is 5.91 Å². The van der Waals surface area contributed by atoms with Crippen LogP contribution in [0.15, 0.2) is 24.3 Å². The number of carbonyl (C=O) groups excluding carboxylic acids is 1. The molecule has 1 fully saturated rings. The lowest BCUT2D eigenvalue weighted by Crippen LogP contribution is -2.45. The summed E-state index contributed by atoms with van der Waals surface area (Å²) in [6.45, 7) is 6.96. The largest absolute Gasteiger partial charge is 0.378 e. The number of morpholine rings is 1. The molecule has 1 aromatic rings. The van der Waals surface area contributed by atoms with Gasteiger partial charge in [-0.2, -0.15) is 0 Å². The maximum atomic E-state index is 12.0. The molecule has 1 saturated heterocycles. The van der Waals surface area contributed by atoms with E-state index in [1.165, 1.54) is 0 Å². The van der Waals surface area contributed by atoms with Crippen LogP contribution in [0.25, 0.3) is 0 Å². The zero-order chi connectivity index (χ0) is 15.3. The molecule has 0 radical (unpaired) electrons. The van der Waals surface area contributed by atoms with E-state index in [9.17, 15) is 4.79 Å². The van der Waals surface area contributed by atoms with E-state index < -0.39 is 0 Å². The Morgan fingerprint density at radius 3 is 2.76 bits per heavy atom. The Hall–Kier alpha value is -1.10. The highest BCUT2D eigenvalue weighted by Gasteiger charge is 2.23. The second-order valence-electron chi connectivity index (χ2n) is 6.10. The van der Waals surface area contributed by atoms with Crippen LogP contribution in [0.5, 0.6) is 0 Å². The van der Waals surface area contributed by atoms with Crippen molar-refractivity contribution in [1.29, 1.82) is 0 Å². The summed E-state index contributed by atoms with van der Waals surface area (Å²) >= 11 is 5.91. The number of amides is 1. The third-order valence-electron chi connectivity index (χ3n) is 3.78. The summed E-state index contributed by atoms with van der Waals surface area (Å²) in [6.07, 6.45) is 0.455. The van der Waals surface area contributed by atoms with Gasteiger partial charge in [-0.05, 0) is 17.7 Å². The monoisotopic (exact) mass is 310 g/mol. The maximum absolute atomic E-state index is 12.0. The molecular weight excluding hydrogens is 288 g/mol. The second kappa shape index (κ2) is 7.25. The topological polar surface area (TPSA) is 50.4 Å². The lowest BCUT2D eigenvalue weighted by Gasteiger charge is -2.27. The van der Waals surface area contributed by atoms with E-state index in [0.717, 1.165) is 23.7 Å². The van der Waals surface area contributed by atoms with Gasteiger partial charge in [-0.15, -0.1) is 0 Å². The van der Waals surface area contributed by atoms with E-state index in [1.54, 1.807) is 0 Å². The van der Waals surface area contributed by atoms with E-state index >= 15 is 0 Å². The first kappa shape index (κ1) is 16.3. The molecular formula is C16H23ClN2O2. The number of hydrogen-bond donors (Lipinski definition) is 2. The molecule has 116 valence electrons. The molecule has 0 spiro atoms. The first-order chi connectivity index (χ1) is 9.97. The van der Waals surface area contributed by atoms with Gasteiger partial charge in [-0.1, -0.05) is 37.6 Å². The van der Waals surface area contributed by atoms with Crippen molar-refractivity contribution in [2.45, 2.75) is 31.7 Å². The summed E-state index contributed by atoms with van der Waals surface area (Å²) in [7, 11) is 0. The van der Waals surface area contributed by atoms with Crippen molar-refractivity contribution in [2.75, 3.05) is 26.3 Å². The Morgan fingerprint density at radius 2 is 2.14 bits per heavy atom. The fourth-order valence-corrected chi connectivity index (χ4v) is 2.50. The average Bonchev–Trinajstić information content (AvgIpc) is 2.47. The van der Waals surface area contributed by atoms with Crippen molar-refractivity contribution < 1.29 is 9.53 Å². The van der Waals surface area contributed by atoms with Gasteiger partial charge in [0.15, 0.2) is 0 Å². The number of rotatable bonds is 5. The fraction of sp³-hybridized carbons (Fsp3) is 0.562. The van der Waals surface area contributed by atoms with Crippen molar-refractivity contribution >= 4 is 17.5 Å². The zero-order valence-corrected chi connectivity index (χ0v) is 13.4. The molecule has 0 aliphatic carbocycles. The van der Waals surface area contributed by atoms with Crippen LogP contribution >= 0.6 is 11.6 Å². The predicted molar refractivity (Wildman–Crippen MR) is 84.7 cm³/mol. The Kier molecular flexibility index (Phi) is 5.62. The van der Waals surface area contributed by atoms with Gasteiger partial charge < -0.3 is 15.4 Å². The third kappa shape index (κ3) is 4.99. The van der Waals surface area contributed by atoms with Gasteiger partial charge in [0.05, 0.1) is 13.2 Å². The standard InChI is InChI=1S/C16H23ClN2O2/c1-16(2,12-3-5-13(17)6-4-12)11-19-15(20)9-14-10-21-8-7-18-14/h3-6,14,18H,7-11H2,1-2H3,(H,19,20). The molecule has 5 heteroatoms. The summed E-state index contributed by atoms with van der Waals surface area (Å²) in [4.78, 5) is 12.0. The minimum absolute atomic E-state index is 0.0556. The molecule has 0 aromatic heterocycles. The van der Waals surface area contributed by atoms with Crippen molar-refractivity contribution in [3.63, 3.8) is 0 Å². The normalized spacial score (nSPS) is 19.3. The third-order valence-corrected chi connectivity index (χ3v) is 4.04. The van der Waals surface area contributed by atoms with Crippen molar-refractivity contribution in [1.82, 2.24) is 10.6 Å². The number of benzene rings is 1. The van der Waals surface area contributed by atoms with Gasteiger partial charge in [0.1, 0.15) is 0 Å². The fourth-order valence-electron chi connectivity index (χ4n) is 2.37. The molecule has 1 aliphatic heterocycles. The van der Waals surface area contributed by atoms with Crippen LogP contribution in [0, 0.1) is 0 Å². The highest BCUT2D eigenvalue weighted by molar-refractivity contribution is 6.30. The minimum atomic E-state index is -0.128. The smallest absolute Gasteiger partial charge is 0.221 e. The summed E-state index contributed by atoms with van der Waals surface area (Å²) in [6, 6.07) is 7.89. The molecule has 1 heterocycles. The van der Waals surface area contributed by atoms with Crippen LogP contribution in [0.4, 0.5) is 0 Å². The lowest BCUT2D eigenvalue weighted by molar-refractivity contribution is -0.122. The first-order valence-corrected chi connectivity index (χ1v) is 7.69. The van der Waals surface area contributed by atoms with Crippen molar-refractivity contribution in [2.24, 2.45) is 0 Å². The van der Waals surface area contributed by atoms with Crippen molar-refractivity contribution in [3.05, 3.63) is 34.9 Å². The first-order valence-electron chi connectivity index (χ1n) is 7.31. The Balaban J connectivity index is 1.82. The van der Waals surface area contributed by atoms with E-state index in [2.05, 4.69) is 24.5 Å². The maximum Gasteiger partial charge on any atom is 0.221 e. The SMILES string of the molecule is CC(C)(CNC(=O)CC1COCCN1)c1ccc(Cl)cc1. The van der Waals surface area contributed by atoms with E-state index in [4.69, 9.17) is 16.3 Å². The number of ether oxygens (including phenoxy) is 1. The van der Waals surface area contributed by atoms with Crippen molar-refractivity contribution in [3.8, 4) is 0 Å². The number of nitrogens with one attached hydrogen (secondary N) is 2. The molecule has 21 heavy (non-hydrogen) atoms. The number of halogens is 1. The minimum Gasteiger partial charge on any atom is -0.378 e. The van der Waals surface area contributed by atoms with Gasteiger partial charge in [0.25, 0.3) is 0 Å². The Labute approximate surface area is 131 Å². The van der Waals surface area contributed by atoms with Crippen LogP contribution in [-0.4, -0.2) is 38.3 Å². The molecule has 1 aliphatic rings. The summed E-state index contributed by atoms with van der Waals surface area (Å²) < 4.78 is 5.35. The van der Waals surface area contributed by atoms with Crippen LogP contribution in [-0.2, 0) is 14.9 Å². The predicted octanol–water partition coefficient (Wildman–Crippen LogP) is 2.11. The highest BCUT2D eigenvalue weighted by Crippen LogP contribution is 2.23. The molecule has 4 nitrogen and oxygen atoms in total. The Bertz CT molecular complexity index is 468. The molecule has 1 unspecified atom stereocenters. The van der Waals surface area contributed by atoms with Crippen LogP contribution in [0.1, 0.15) is 25.8 Å². The van der Waals surface area contributed by atoms with Crippen LogP contribution in [0.3, 0.4) is 0 Å². The van der Waals surface area contributed by atoms with E-state index in [1.807, 2.05) is 24.3 Å². The van der Waals surface area contributed by atoms with E-state index in [0.29, 0.717) is 19.6 Å². The van der Waals surface area contributed by atoms with Crippen LogP contribution < -0.4 is 10.6 Å². The number of carbonyl (C=O) groups is 1. The molecule has 1 aromatic carbocycles. The molecule has 2 N–H and O–H groups in total. The zero-order valence-electron chi connectivity index (χ0n) is 12.6. The quantitative estimate of drug-likeness (QED) is 0.876. The second-order valence-corrected chi connectivity index (χ2v) is 6.53. The number of hydrogen-bond acceptors (Lipinski definition) is 3. The van der Waals surface area contributed by atoms with Gasteiger partial charge >= 0.3 is 0 Å². The average molecular weight is 311 g/mol. The molecule has 0 saturated carbocycles. The summed E-state index contributed by atoms with van der Waals surface area (Å²) in [5, 5.41) is 7.02. The molecule has 2 rings (SSSR count). The Morgan fingerprint density at radius 1 is 1.43 bits per heavy atom. The summed E-state index contributed by atoms with van der Waals surface area (Å²) in [5.41, 5.74) is 1.03. The molecule has 1 amide bonds. The van der Waals surface area contributed by atoms with Crippen LogP contribution in [0.2, 0.25) is 5.02 Å². The van der Waals surface area contributed by atoms with Gasteiger partial charge in [-0.3, -0.25) is 4.79 Å². The lowest BCUT2D eigenvalue weighted by atomic mass is 9.84.